The highest BCUT2D eigenvalue weighted by Gasteiger charge is 2.25. The number of hydrogen-bond donors (Lipinski definition) is 2. The van der Waals surface area contributed by atoms with Crippen LogP contribution in [-0.2, 0) is 14.3 Å². The first kappa shape index (κ1) is 21.6. The molecule has 0 spiro atoms. The van der Waals surface area contributed by atoms with E-state index in [9.17, 15) is 14.7 Å². The van der Waals surface area contributed by atoms with E-state index in [0.717, 1.165) is 38.5 Å². The minimum absolute atomic E-state index is 0.0670. The molecular weight excluding hydrogens is 322 g/mol. The molecule has 0 aromatic heterocycles. The van der Waals surface area contributed by atoms with E-state index < -0.39 is 12.1 Å². The first-order valence-corrected chi connectivity index (χ1v) is 9.41. The average Bonchev–Trinajstić information content (AvgIpc) is 2.57. The maximum Gasteiger partial charge on any atom is 0.303 e. The van der Waals surface area contributed by atoms with E-state index in [1.807, 2.05) is 11.0 Å². The second kappa shape index (κ2) is 12.9. The molecule has 1 unspecified atom stereocenters. The molecular formula is C19H33NO5. The molecule has 0 radical (unpaired) electrons. The van der Waals surface area contributed by atoms with Crippen molar-refractivity contribution < 1.29 is 24.5 Å². The predicted molar refractivity (Wildman–Crippen MR) is 96.3 cm³/mol. The second-order valence-electron chi connectivity index (χ2n) is 6.69. The van der Waals surface area contributed by atoms with Crippen molar-refractivity contribution in [2.45, 2.75) is 76.4 Å². The van der Waals surface area contributed by atoms with Crippen LogP contribution in [0.5, 0.6) is 0 Å². The lowest BCUT2D eigenvalue weighted by Crippen LogP contribution is -2.43. The molecule has 1 saturated heterocycles. The molecule has 0 aromatic carbocycles. The maximum absolute atomic E-state index is 12.2. The SMILES string of the molecule is COCCCC(O)/C=C/[C@H]1CCCC(=O)N1CCCCCCC(=O)O. The third-order valence-corrected chi connectivity index (χ3v) is 4.55. The molecule has 1 fully saturated rings. The van der Waals surface area contributed by atoms with Gasteiger partial charge in [-0.3, -0.25) is 9.59 Å². The Morgan fingerprint density at radius 1 is 1.32 bits per heavy atom. The molecule has 2 atom stereocenters. The Morgan fingerprint density at radius 2 is 2.08 bits per heavy atom. The first-order valence-electron chi connectivity index (χ1n) is 9.41. The van der Waals surface area contributed by atoms with Crippen molar-refractivity contribution in [1.29, 1.82) is 0 Å². The van der Waals surface area contributed by atoms with E-state index in [1.54, 1.807) is 13.2 Å². The van der Waals surface area contributed by atoms with Crippen LogP contribution in [0, 0.1) is 0 Å². The number of methoxy groups -OCH3 is 1. The third-order valence-electron chi connectivity index (χ3n) is 4.55. The van der Waals surface area contributed by atoms with Crippen molar-refractivity contribution in [3.63, 3.8) is 0 Å². The fraction of sp³-hybridized carbons (Fsp3) is 0.789. The van der Waals surface area contributed by atoms with Gasteiger partial charge >= 0.3 is 5.97 Å². The molecule has 0 aromatic rings. The van der Waals surface area contributed by atoms with Crippen LogP contribution < -0.4 is 0 Å². The molecule has 6 heteroatoms. The average molecular weight is 355 g/mol. The summed E-state index contributed by atoms with van der Waals surface area (Å²) in [5.74, 6) is -0.569. The smallest absolute Gasteiger partial charge is 0.303 e. The number of carboxylic acids is 1. The second-order valence-corrected chi connectivity index (χ2v) is 6.69. The summed E-state index contributed by atoms with van der Waals surface area (Å²) < 4.78 is 4.98. The summed E-state index contributed by atoms with van der Waals surface area (Å²) in [5.41, 5.74) is 0. The Balaban J connectivity index is 2.36. The van der Waals surface area contributed by atoms with Gasteiger partial charge in [0.15, 0.2) is 0 Å². The summed E-state index contributed by atoms with van der Waals surface area (Å²) in [7, 11) is 1.65. The van der Waals surface area contributed by atoms with E-state index in [-0.39, 0.29) is 18.4 Å². The fourth-order valence-corrected chi connectivity index (χ4v) is 3.14. The normalized spacial score (nSPS) is 19.5. The van der Waals surface area contributed by atoms with Gasteiger partial charge in [0.25, 0.3) is 0 Å². The number of unbranched alkanes of at least 4 members (excludes halogenated alkanes) is 3. The Kier molecular flexibility index (Phi) is 11.2. The van der Waals surface area contributed by atoms with Gasteiger partial charge in [-0.05, 0) is 38.5 Å². The molecule has 1 aliphatic rings. The molecule has 0 saturated carbocycles. The summed E-state index contributed by atoms with van der Waals surface area (Å²) in [5, 5.41) is 18.6. The summed E-state index contributed by atoms with van der Waals surface area (Å²) in [6.45, 7) is 1.35. The summed E-state index contributed by atoms with van der Waals surface area (Å²) in [4.78, 5) is 24.6. The lowest BCUT2D eigenvalue weighted by atomic mass is 9.99. The molecule has 0 aliphatic carbocycles. The zero-order valence-electron chi connectivity index (χ0n) is 15.4. The number of carbonyl (C=O) groups is 2. The monoisotopic (exact) mass is 355 g/mol. The number of carboxylic acid groups (broad SMARTS) is 1. The summed E-state index contributed by atoms with van der Waals surface area (Å²) in [6.07, 6.45) is 10.8. The number of carbonyl (C=O) groups excluding carboxylic acids is 1. The Bertz CT molecular complexity index is 424. The molecule has 2 N–H and O–H groups in total. The number of piperidine rings is 1. The minimum Gasteiger partial charge on any atom is -0.481 e. The van der Waals surface area contributed by atoms with E-state index in [4.69, 9.17) is 9.84 Å². The predicted octanol–water partition coefficient (Wildman–Crippen LogP) is 2.75. The highest BCUT2D eigenvalue weighted by molar-refractivity contribution is 5.77. The Hall–Kier alpha value is -1.40. The van der Waals surface area contributed by atoms with Crippen LogP contribution >= 0.6 is 0 Å². The van der Waals surface area contributed by atoms with Gasteiger partial charge in [-0.25, -0.2) is 0 Å². The number of likely N-dealkylation sites (tertiary alicyclic amines) is 1. The molecule has 6 nitrogen and oxygen atoms in total. The van der Waals surface area contributed by atoms with Crippen molar-refractivity contribution in [2.75, 3.05) is 20.3 Å². The summed E-state index contributed by atoms with van der Waals surface area (Å²) >= 11 is 0. The van der Waals surface area contributed by atoms with Crippen molar-refractivity contribution >= 4 is 11.9 Å². The molecule has 1 aliphatic heterocycles. The van der Waals surface area contributed by atoms with Crippen LogP contribution in [0.15, 0.2) is 12.2 Å². The van der Waals surface area contributed by atoms with Gasteiger partial charge in [-0.1, -0.05) is 25.0 Å². The molecule has 0 bridgehead atoms. The van der Waals surface area contributed by atoms with Gasteiger partial charge in [0, 0.05) is 33.1 Å². The van der Waals surface area contributed by atoms with Gasteiger partial charge in [0.2, 0.25) is 5.91 Å². The number of nitrogens with zero attached hydrogens (tertiary/aromatic N) is 1. The van der Waals surface area contributed by atoms with Crippen LogP contribution in [0.2, 0.25) is 0 Å². The van der Waals surface area contributed by atoms with Crippen LogP contribution in [0.3, 0.4) is 0 Å². The van der Waals surface area contributed by atoms with Crippen LogP contribution in [0.4, 0.5) is 0 Å². The topological polar surface area (TPSA) is 87.1 Å². The van der Waals surface area contributed by atoms with Gasteiger partial charge in [0.05, 0.1) is 12.1 Å². The fourth-order valence-electron chi connectivity index (χ4n) is 3.14. The standard InChI is InChI=1S/C19H33NO5/c1-25-15-7-9-17(21)13-12-16-8-6-10-18(22)20(16)14-5-3-2-4-11-19(23)24/h12-13,16-17,21H,2-11,14-15H2,1H3,(H,23,24)/b13-12+/t16-,17?/m1/s1. The first-order chi connectivity index (χ1) is 12.0. The lowest BCUT2D eigenvalue weighted by molar-refractivity contribution is -0.137. The Morgan fingerprint density at radius 3 is 2.80 bits per heavy atom. The third kappa shape index (κ3) is 9.60. The van der Waals surface area contributed by atoms with Gasteiger partial charge in [-0.2, -0.15) is 0 Å². The summed E-state index contributed by atoms with van der Waals surface area (Å²) in [6, 6.07) is 0.0670. The molecule has 1 heterocycles. The number of amides is 1. The number of rotatable bonds is 13. The minimum atomic E-state index is -0.750. The quantitative estimate of drug-likeness (QED) is 0.392. The van der Waals surface area contributed by atoms with Crippen LogP contribution in [0.1, 0.15) is 64.2 Å². The van der Waals surface area contributed by atoms with Gasteiger partial charge in [0.1, 0.15) is 0 Å². The zero-order chi connectivity index (χ0) is 18.5. The molecule has 144 valence electrons. The maximum atomic E-state index is 12.2. The van der Waals surface area contributed by atoms with E-state index in [0.29, 0.717) is 32.4 Å². The van der Waals surface area contributed by atoms with Crippen molar-refractivity contribution in [3.8, 4) is 0 Å². The highest BCUT2D eigenvalue weighted by Crippen LogP contribution is 2.21. The largest absolute Gasteiger partial charge is 0.481 e. The lowest BCUT2D eigenvalue weighted by Gasteiger charge is -2.34. The number of aliphatic hydroxyl groups is 1. The van der Waals surface area contributed by atoms with Crippen molar-refractivity contribution in [2.24, 2.45) is 0 Å². The van der Waals surface area contributed by atoms with Gasteiger partial charge in [-0.15, -0.1) is 0 Å². The molecule has 1 amide bonds. The number of hydrogen-bond acceptors (Lipinski definition) is 4. The van der Waals surface area contributed by atoms with Gasteiger partial charge < -0.3 is 19.8 Å². The zero-order valence-corrected chi connectivity index (χ0v) is 15.4. The van der Waals surface area contributed by atoms with Crippen LogP contribution in [-0.4, -0.2) is 59.4 Å². The molecule has 25 heavy (non-hydrogen) atoms. The number of aliphatic hydroxyl groups excluding tert-OH is 1. The van der Waals surface area contributed by atoms with Crippen LogP contribution in [0.25, 0.3) is 0 Å². The van der Waals surface area contributed by atoms with Crippen molar-refractivity contribution in [3.05, 3.63) is 12.2 Å². The number of aliphatic carboxylic acids is 1. The van der Waals surface area contributed by atoms with Crippen molar-refractivity contribution in [1.82, 2.24) is 4.90 Å². The molecule has 1 rings (SSSR count). The Labute approximate surface area is 150 Å². The van der Waals surface area contributed by atoms with E-state index >= 15 is 0 Å². The van der Waals surface area contributed by atoms with E-state index in [1.165, 1.54) is 0 Å². The highest BCUT2D eigenvalue weighted by atomic mass is 16.5. The number of ether oxygens (including phenoxy) is 1. The van der Waals surface area contributed by atoms with E-state index in [2.05, 4.69) is 0 Å².